The molecule has 1 heterocycles. The van der Waals surface area contributed by atoms with E-state index in [1.54, 1.807) is 0 Å². The quantitative estimate of drug-likeness (QED) is 0.736. The number of thioether (sulfide) groups is 1. The predicted octanol–water partition coefficient (Wildman–Crippen LogP) is 2.69. The molecule has 3 heteroatoms. The first-order chi connectivity index (χ1) is 7.83. The summed E-state index contributed by atoms with van der Waals surface area (Å²) in [4.78, 5) is 13.1. The average molecular weight is 234 g/mol. The molecule has 0 bridgehead atoms. The minimum Gasteiger partial charge on any atom is -0.466 e. The largest absolute Gasteiger partial charge is 0.466 e. The van der Waals surface area contributed by atoms with E-state index in [-0.39, 0.29) is 11.9 Å². The van der Waals surface area contributed by atoms with Crippen LogP contribution in [0.25, 0.3) is 0 Å². The molecule has 1 aromatic carbocycles. The van der Waals surface area contributed by atoms with Crippen molar-refractivity contribution in [2.24, 2.45) is 11.8 Å². The lowest BCUT2D eigenvalue weighted by Gasteiger charge is -2.12. The molecule has 3 rings (SSSR count). The fourth-order valence-corrected chi connectivity index (χ4v) is 3.97. The number of fused-ring (bicyclic) bond motifs is 3. The van der Waals surface area contributed by atoms with Crippen molar-refractivity contribution in [2.45, 2.75) is 17.7 Å². The van der Waals surface area contributed by atoms with Gasteiger partial charge in [-0.2, -0.15) is 0 Å². The van der Waals surface area contributed by atoms with E-state index in [1.807, 2.05) is 18.7 Å². The first-order valence-electron chi connectivity index (χ1n) is 5.71. The standard InChI is InChI=1S/C13H14O2S/c1-2-15-13(14)12-9-7-16-10-6-4-3-5-8(10)11(9)12/h3-6,9,11-12H,2,7H2,1H3/t9?,11?,12-/m1/s1. The Balaban J connectivity index is 1.85. The van der Waals surface area contributed by atoms with E-state index >= 15 is 0 Å². The van der Waals surface area contributed by atoms with Crippen LogP contribution in [-0.2, 0) is 9.53 Å². The summed E-state index contributed by atoms with van der Waals surface area (Å²) in [6, 6.07) is 8.42. The monoisotopic (exact) mass is 234 g/mol. The molecule has 1 aromatic rings. The summed E-state index contributed by atoms with van der Waals surface area (Å²) >= 11 is 1.87. The normalized spacial score (nSPS) is 30.2. The first-order valence-corrected chi connectivity index (χ1v) is 6.70. The first kappa shape index (κ1) is 10.2. The maximum Gasteiger partial charge on any atom is 0.309 e. The van der Waals surface area contributed by atoms with Crippen molar-refractivity contribution in [1.82, 2.24) is 0 Å². The highest BCUT2D eigenvalue weighted by Gasteiger charge is 2.58. The van der Waals surface area contributed by atoms with Crippen LogP contribution in [0.3, 0.4) is 0 Å². The fraction of sp³-hybridized carbons (Fsp3) is 0.462. The van der Waals surface area contributed by atoms with Gasteiger partial charge in [-0.25, -0.2) is 0 Å². The fourth-order valence-electron chi connectivity index (χ4n) is 2.64. The molecule has 1 saturated carbocycles. The van der Waals surface area contributed by atoms with Crippen molar-refractivity contribution >= 4 is 17.7 Å². The SMILES string of the molecule is CCOC(=O)[C@@H]1C2CSc3ccccc3C21. The van der Waals surface area contributed by atoms with E-state index in [2.05, 4.69) is 24.3 Å². The zero-order valence-corrected chi connectivity index (χ0v) is 10.00. The van der Waals surface area contributed by atoms with Gasteiger partial charge in [-0.15, -0.1) is 11.8 Å². The topological polar surface area (TPSA) is 26.3 Å². The van der Waals surface area contributed by atoms with Crippen molar-refractivity contribution in [3.8, 4) is 0 Å². The van der Waals surface area contributed by atoms with Gasteiger partial charge in [0.25, 0.3) is 0 Å². The van der Waals surface area contributed by atoms with Gasteiger partial charge in [0.05, 0.1) is 12.5 Å². The lowest BCUT2D eigenvalue weighted by molar-refractivity contribution is -0.145. The van der Waals surface area contributed by atoms with Crippen LogP contribution in [0, 0.1) is 11.8 Å². The summed E-state index contributed by atoms with van der Waals surface area (Å²) in [7, 11) is 0. The Labute approximate surface area is 99.4 Å². The number of esters is 1. The molecule has 16 heavy (non-hydrogen) atoms. The van der Waals surface area contributed by atoms with Crippen LogP contribution in [0.1, 0.15) is 18.4 Å². The smallest absolute Gasteiger partial charge is 0.309 e. The van der Waals surface area contributed by atoms with Gasteiger partial charge in [0, 0.05) is 16.6 Å². The van der Waals surface area contributed by atoms with Gasteiger partial charge in [0.15, 0.2) is 0 Å². The maximum absolute atomic E-state index is 11.8. The van der Waals surface area contributed by atoms with Gasteiger partial charge in [0.2, 0.25) is 0 Å². The number of hydrogen-bond donors (Lipinski definition) is 0. The van der Waals surface area contributed by atoms with Crippen LogP contribution >= 0.6 is 11.8 Å². The molecule has 3 atom stereocenters. The summed E-state index contributed by atoms with van der Waals surface area (Å²) in [5.41, 5.74) is 1.35. The molecule has 0 amide bonds. The van der Waals surface area contributed by atoms with Crippen LogP contribution in [0.2, 0.25) is 0 Å². The van der Waals surface area contributed by atoms with E-state index in [0.717, 1.165) is 5.75 Å². The zero-order valence-electron chi connectivity index (χ0n) is 9.18. The maximum atomic E-state index is 11.8. The van der Waals surface area contributed by atoms with Crippen LogP contribution in [0.4, 0.5) is 0 Å². The summed E-state index contributed by atoms with van der Waals surface area (Å²) < 4.78 is 5.12. The van der Waals surface area contributed by atoms with Crippen molar-refractivity contribution in [2.75, 3.05) is 12.4 Å². The van der Waals surface area contributed by atoms with Gasteiger partial charge >= 0.3 is 5.97 Å². The lowest BCUT2D eigenvalue weighted by Crippen LogP contribution is -2.08. The molecule has 2 nitrogen and oxygen atoms in total. The van der Waals surface area contributed by atoms with Crippen LogP contribution in [-0.4, -0.2) is 18.3 Å². The highest BCUT2D eigenvalue weighted by Crippen LogP contribution is 2.61. The van der Waals surface area contributed by atoms with E-state index in [0.29, 0.717) is 18.4 Å². The second-order valence-electron chi connectivity index (χ2n) is 4.32. The molecule has 84 valence electrons. The van der Waals surface area contributed by atoms with Gasteiger partial charge in [-0.1, -0.05) is 18.2 Å². The summed E-state index contributed by atoms with van der Waals surface area (Å²) in [6.07, 6.45) is 0. The molecule has 2 aliphatic rings. The molecule has 1 fully saturated rings. The number of carbonyl (C=O) groups is 1. The second kappa shape index (κ2) is 3.81. The highest BCUT2D eigenvalue weighted by atomic mass is 32.2. The minimum atomic E-state index is -0.00481. The van der Waals surface area contributed by atoms with Gasteiger partial charge < -0.3 is 4.74 Å². The molecule has 0 aromatic heterocycles. The van der Waals surface area contributed by atoms with Crippen molar-refractivity contribution in [3.63, 3.8) is 0 Å². The molecular formula is C13H14O2S. The molecule has 1 aliphatic carbocycles. The predicted molar refractivity (Wildman–Crippen MR) is 63.5 cm³/mol. The Hall–Kier alpha value is -0.960. The number of rotatable bonds is 2. The second-order valence-corrected chi connectivity index (χ2v) is 5.38. The minimum absolute atomic E-state index is 0.00481. The van der Waals surface area contributed by atoms with E-state index in [9.17, 15) is 4.79 Å². The zero-order chi connectivity index (χ0) is 11.1. The van der Waals surface area contributed by atoms with Crippen molar-refractivity contribution < 1.29 is 9.53 Å². The third-order valence-corrected chi connectivity index (χ3v) is 4.67. The van der Waals surface area contributed by atoms with E-state index in [4.69, 9.17) is 4.74 Å². The summed E-state index contributed by atoms with van der Waals surface area (Å²) in [5.74, 6) is 2.12. The van der Waals surface area contributed by atoms with Crippen LogP contribution in [0.15, 0.2) is 29.2 Å². The van der Waals surface area contributed by atoms with Gasteiger partial charge in [0.1, 0.15) is 0 Å². The van der Waals surface area contributed by atoms with E-state index in [1.165, 1.54) is 10.5 Å². The molecule has 0 N–H and O–H groups in total. The molecule has 2 unspecified atom stereocenters. The van der Waals surface area contributed by atoms with Crippen molar-refractivity contribution in [1.29, 1.82) is 0 Å². The lowest BCUT2D eigenvalue weighted by atomic mass is 10.1. The molecule has 0 saturated heterocycles. The van der Waals surface area contributed by atoms with Crippen molar-refractivity contribution in [3.05, 3.63) is 29.8 Å². The Bertz CT molecular complexity index is 430. The molecule has 0 radical (unpaired) electrons. The highest BCUT2D eigenvalue weighted by molar-refractivity contribution is 7.99. The third kappa shape index (κ3) is 1.46. The summed E-state index contributed by atoms with van der Waals surface area (Å²) in [5, 5.41) is 0. The number of carbonyl (C=O) groups excluding carboxylic acids is 1. The van der Waals surface area contributed by atoms with E-state index < -0.39 is 0 Å². The third-order valence-electron chi connectivity index (χ3n) is 3.44. The van der Waals surface area contributed by atoms with Crippen LogP contribution < -0.4 is 0 Å². The Kier molecular flexibility index (Phi) is 2.43. The average Bonchev–Trinajstić information content (AvgIpc) is 3.04. The Morgan fingerprint density at radius 3 is 3.12 bits per heavy atom. The number of benzene rings is 1. The molecule has 1 aliphatic heterocycles. The Morgan fingerprint density at radius 1 is 1.50 bits per heavy atom. The number of hydrogen-bond acceptors (Lipinski definition) is 3. The summed E-state index contributed by atoms with van der Waals surface area (Å²) in [6.45, 7) is 2.36. The molecular weight excluding hydrogens is 220 g/mol. The van der Waals surface area contributed by atoms with Crippen LogP contribution in [0.5, 0.6) is 0 Å². The van der Waals surface area contributed by atoms with Gasteiger partial charge in [-0.3, -0.25) is 4.79 Å². The van der Waals surface area contributed by atoms with Gasteiger partial charge in [-0.05, 0) is 24.5 Å². The Morgan fingerprint density at radius 2 is 2.31 bits per heavy atom. The number of ether oxygens (including phenoxy) is 1. The molecule has 0 spiro atoms.